The first kappa shape index (κ1) is 22.7. The van der Waals surface area contributed by atoms with Crippen LogP contribution in [0.25, 0.3) is 0 Å². The number of hydrogen-bond acceptors (Lipinski definition) is 3. The van der Waals surface area contributed by atoms with Gasteiger partial charge in [0.2, 0.25) is 0 Å². The SMILES string of the molecule is Cc1cc(Oc2ccc(C(F)(F)F)cc2NC(=O)C2=C(C(=O)O)CCC2)cc(C)c1Cl. The Morgan fingerprint density at radius 1 is 1.06 bits per heavy atom. The first-order valence-electron chi connectivity index (χ1n) is 9.40. The maximum atomic E-state index is 13.2. The van der Waals surface area contributed by atoms with Crippen molar-refractivity contribution in [1.82, 2.24) is 0 Å². The average molecular weight is 454 g/mol. The molecule has 0 fully saturated rings. The minimum atomic E-state index is -4.63. The van der Waals surface area contributed by atoms with Crippen LogP contribution in [0.3, 0.4) is 0 Å². The highest BCUT2D eigenvalue weighted by molar-refractivity contribution is 6.32. The number of carboxylic acid groups (broad SMARTS) is 1. The van der Waals surface area contributed by atoms with Gasteiger partial charge in [-0.05, 0) is 74.6 Å². The van der Waals surface area contributed by atoms with E-state index in [-0.39, 0.29) is 35.4 Å². The van der Waals surface area contributed by atoms with Gasteiger partial charge in [0.15, 0.2) is 5.75 Å². The van der Waals surface area contributed by atoms with Gasteiger partial charge in [-0.1, -0.05) is 11.6 Å². The molecule has 9 heteroatoms. The number of ether oxygens (including phenoxy) is 1. The lowest BCUT2D eigenvalue weighted by atomic mass is 10.1. The molecule has 1 aliphatic rings. The van der Waals surface area contributed by atoms with Crippen molar-refractivity contribution < 1.29 is 32.6 Å². The van der Waals surface area contributed by atoms with Gasteiger partial charge < -0.3 is 15.2 Å². The van der Waals surface area contributed by atoms with Crippen molar-refractivity contribution in [3.63, 3.8) is 0 Å². The summed E-state index contributed by atoms with van der Waals surface area (Å²) in [5.74, 6) is -1.66. The van der Waals surface area contributed by atoms with Gasteiger partial charge in [0.25, 0.3) is 5.91 Å². The van der Waals surface area contributed by atoms with Gasteiger partial charge in [0.1, 0.15) is 5.75 Å². The quantitative estimate of drug-likeness (QED) is 0.559. The predicted octanol–water partition coefficient (Wildman–Crippen LogP) is 6.27. The minimum Gasteiger partial charge on any atom is -0.478 e. The summed E-state index contributed by atoms with van der Waals surface area (Å²) in [7, 11) is 0. The monoisotopic (exact) mass is 453 g/mol. The molecule has 2 aromatic carbocycles. The van der Waals surface area contributed by atoms with E-state index >= 15 is 0 Å². The zero-order chi connectivity index (χ0) is 22.9. The maximum absolute atomic E-state index is 13.2. The number of aliphatic carboxylic acids is 1. The second kappa shape index (κ2) is 8.63. The molecule has 1 amide bonds. The third-order valence-corrected chi connectivity index (χ3v) is 5.54. The smallest absolute Gasteiger partial charge is 0.416 e. The van der Waals surface area contributed by atoms with Crippen molar-refractivity contribution in [2.45, 2.75) is 39.3 Å². The van der Waals surface area contributed by atoms with Crippen LogP contribution in [0.4, 0.5) is 18.9 Å². The lowest BCUT2D eigenvalue weighted by Crippen LogP contribution is -2.17. The van der Waals surface area contributed by atoms with Gasteiger partial charge in [0.05, 0.1) is 11.3 Å². The van der Waals surface area contributed by atoms with E-state index in [9.17, 15) is 27.9 Å². The molecule has 2 N–H and O–H groups in total. The molecule has 1 aliphatic carbocycles. The molecule has 0 heterocycles. The first-order chi connectivity index (χ1) is 14.5. The third kappa shape index (κ3) is 5.02. The molecule has 0 aliphatic heterocycles. The summed E-state index contributed by atoms with van der Waals surface area (Å²) in [4.78, 5) is 24.0. The summed E-state index contributed by atoms with van der Waals surface area (Å²) in [6.45, 7) is 3.52. The molecule has 2 aromatic rings. The number of nitrogens with one attached hydrogen (secondary N) is 1. The van der Waals surface area contributed by atoms with Crippen LogP contribution in [0.2, 0.25) is 5.02 Å². The lowest BCUT2D eigenvalue weighted by Gasteiger charge is -2.16. The van der Waals surface area contributed by atoms with Crippen LogP contribution in [-0.4, -0.2) is 17.0 Å². The Morgan fingerprint density at radius 2 is 1.68 bits per heavy atom. The Bertz CT molecular complexity index is 1070. The van der Waals surface area contributed by atoms with Gasteiger partial charge in [-0.2, -0.15) is 13.2 Å². The molecule has 0 radical (unpaired) electrons. The molecule has 0 saturated heterocycles. The Morgan fingerprint density at radius 3 is 2.26 bits per heavy atom. The fourth-order valence-electron chi connectivity index (χ4n) is 3.41. The van der Waals surface area contributed by atoms with Crippen molar-refractivity contribution in [3.05, 3.63) is 63.2 Å². The Balaban J connectivity index is 2.00. The van der Waals surface area contributed by atoms with Crippen LogP contribution in [0.5, 0.6) is 11.5 Å². The average Bonchev–Trinajstić information content (AvgIpc) is 3.17. The van der Waals surface area contributed by atoms with E-state index < -0.39 is 23.6 Å². The molecule has 0 atom stereocenters. The van der Waals surface area contributed by atoms with Crippen molar-refractivity contribution in [1.29, 1.82) is 0 Å². The van der Waals surface area contributed by atoms with E-state index in [0.717, 1.165) is 29.3 Å². The largest absolute Gasteiger partial charge is 0.478 e. The van der Waals surface area contributed by atoms with Crippen LogP contribution in [0, 0.1) is 13.8 Å². The molecule has 3 rings (SSSR count). The molecule has 31 heavy (non-hydrogen) atoms. The molecule has 5 nitrogen and oxygen atoms in total. The third-order valence-electron chi connectivity index (χ3n) is 4.94. The molecular weight excluding hydrogens is 435 g/mol. The Kier molecular flexibility index (Phi) is 6.31. The highest BCUT2D eigenvalue weighted by Crippen LogP contribution is 2.38. The van der Waals surface area contributed by atoms with Crippen molar-refractivity contribution in [2.24, 2.45) is 0 Å². The van der Waals surface area contributed by atoms with Crippen LogP contribution in [-0.2, 0) is 15.8 Å². The molecule has 0 unspecified atom stereocenters. The Hall–Kier alpha value is -3.00. The zero-order valence-corrected chi connectivity index (χ0v) is 17.4. The predicted molar refractivity (Wildman–Crippen MR) is 110 cm³/mol. The van der Waals surface area contributed by atoms with Gasteiger partial charge >= 0.3 is 12.1 Å². The second-order valence-corrected chi connectivity index (χ2v) is 7.63. The van der Waals surface area contributed by atoms with Crippen LogP contribution in [0.15, 0.2) is 41.5 Å². The van der Waals surface area contributed by atoms with E-state index in [1.807, 2.05) is 0 Å². The van der Waals surface area contributed by atoms with Crippen LogP contribution in [0.1, 0.15) is 36.0 Å². The fourth-order valence-corrected chi connectivity index (χ4v) is 3.52. The number of rotatable bonds is 5. The van der Waals surface area contributed by atoms with E-state index in [4.69, 9.17) is 16.3 Å². The topological polar surface area (TPSA) is 75.6 Å². The Labute approximate surface area is 181 Å². The van der Waals surface area contributed by atoms with E-state index in [1.165, 1.54) is 0 Å². The van der Waals surface area contributed by atoms with Crippen molar-refractivity contribution in [2.75, 3.05) is 5.32 Å². The van der Waals surface area contributed by atoms with Crippen LogP contribution >= 0.6 is 11.6 Å². The summed E-state index contributed by atoms with van der Waals surface area (Å²) in [5, 5.41) is 12.2. The summed E-state index contributed by atoms with van der Waals surface area (Å²) in [5.41, 5.74) is 0.268. The molecule has 0 aromatic heterocycles. The highest BCUT2D eigenvalue weighted by atomic mass is 35.5. The van der Waals surface area contributed by atoms with Gasteiger partial charge in [0, 0.05) is 16.2 Å². The first-order valence-corrected chi connectivity index (χ1v) is 9.77. The van der Waals surface area contributed by atoms with Crippen LogP contribution < -0.4 is 10.1 Å². The number of halogens is 4. The number of carbonyl (C=O) groups excluding carboxylic acids is 1. The number of benzene rings is 2. The number of carboxylic acids is 1. The van der Waals surface area contributed by atoms with Gasteiger partial charge in [-0.25, -0.2) is 4.79 Å². The number of aryl methyl sites for hydroxylation is 2. The molecule has 0 spiro atoms. The number of carbonyl (C=O) groups is 2. The number of amides is 1. The molecule has 164 valence electrons. The standard InChI is InChI=1S/C22H19ClF3NO4/c1-11-8-14(9-12(2)19(11)23)31-18-7-6-13(22(24,25)26)10-17(18)27-20(28)15-4-3-5-16(15)21(29)30/h6-10H,3-5H2,1-2H3,(H,27,28)(H,29,30). The summed E-state index contributed by atoms with van der Waals surface area (Å²) in [6.07, 6.45) is -3.68. The lowest BCUT2D eigenvalue weighted by molar-refractivity contribution is -0.137. The summed E-state index contributed by atoms with van der Waals surface area (Å²) < 4.78 is 45.4. The number of anilines is 1. The fraction of sp³-hybridized carbons (Fsp3) is 0.273. The minimum absolute atomic E-state index is 0.0158. The maximum Gasteiger partial charge on any atom is 0.416 e. The van der Waals surface area contributed by atoms with E-state index in [1.54, 1.807) is 26.0 Å². The second-order valence-electron chi connectivity index (χ2n) is 7.25. The zero-order valence-electron chi connectivity index (χ0n) is 16.7. The van der Waals surface area contributed by atoms with E-state index in [0.29, 0.717) is 17.2 Å². The number of hydrogen-bond donors (Lipinski definition) is 2. The molecular formula is C22H19ClF3NO4. The summed E-state index contributed by atoms with van der Waals surface area (Å²) >= 11 is 6.14. The van der Waals surface area contributed by atoms with Gasteiger partial charge in [-0.15, -0.1) is 0 Å². The highest BCUT2D eigenvalue weighted by Gasteiger charge is 2.32. The molecule has 0 saturated carbocycles. The summed E-state index contributed by atoms with van der Waals surface area (Å²) in [6, 6.07) is 5.97. The normalized spacial score (nSPS) is 14.0. The van der Waals surface area contributed by atoms with Crippen molar-refractivity contribution >= 4 is 29.2 Å². The molecule has 0 bridgehead atoms. The van der Waals surface area contributed by atoms with E-state index in [2.05, 4.69) is 5.32 Å². The van der Waals surface area contributed by atoms with Gasteiger partial charge in [-0.3, -0.25) is 4.79 Å². The number of alkyl halides is 3. The van der Waals surface area contributed by atoms with Crippen molar-refractivity contribution in [3.8, 4) is 11.5 Å².